The number of aliphatic hydroxyl groups excluding tert-OH is 1. The number of pyridine rings is 1. The fourth-order valence-corrected chi connectivity index (χ4v) is 3.77. The summed E-state index contributed by atoms with van der Waals surface area (Å²) in [6, 6.07) is 17.8. The third-order valence-corrected chi connectivity index (χ3v) is 5.28. The summed E-state index contributed by atoms with van der Waals surface area (Å²) in [6.07, 6.45) is 1.55. The summed E-state index contributed by atoms with van der Waals surface area (Å²) in [7, 11) is 0. The molecule has 7 heteroatoms. The molecule has 0 saturated carbocycles. The number of carbonyl (C=O) groups is 2. The predicted molar refractivity (Wildman–Crippen MR) is 123 cm³/mol. The molecule has 1 N–H and O–H groups in total. The van der Waals surface area contributed by atoms with Crippen molar-refractivity contribution in [1.82, 2.24) is 4.98 Å². The summed E-state index contributed by atoms with van der Waals surface area (Å²) < 4.78 is 5.64. The van der Waals surface area contributed by atoms with E-state index >= 15 is 0 Å². The van der Waals surface area contributed by atoms with Crippen LogP contribution >= 0.6 is 11.6 Å². The van der Waals surface area contributed by atoms with Gasteiger partial charge in [-0.15, -0.1) is 0 Å². The monoisotopic (exact) mass is 448 g/mol. The highest BCUT2D eigenvalue weighted by Crippen LogP contribution is 2.41. The Balaban J connectivity index is 1.85. The maximum Gasteiger partial charge on any atom is 0.301 e. The zero-order chi connectivity index (χ0) is 22.8. The minimum Gasteiger partial charge on any atom is -0.507 e. The van der Waals surface area contributed by atoms with Crippen molar-refractivity contribution in [2.45, 2.75) is 26.0 Å². The molecule has 1 atom stereocenters. The zero-order valence-electron chi connectivity index (χ0n) is 17.5. The van der Waals surface area contributed by atoms with Gasteiger partial charge in [-0.1, -0.05) is 29.8 Å². The second kappa shape index (κ2) is 8.85. The molecular formula is C25H21ClN2O4. The van der Waals surface area contributed by atoms with E-state index in [4.69, 9.17) is 16.3 Å². The SMILES string of the molecule is CC(C)Oc1ccc(C(O)=C2C(=O)C(=O)N(c3ccccn3)[C@@H]2c2ccc(Cl)cc2)cc1. The van der Waals surface area contributed by atoms with Crippen LogP contribution in [0.15, 0.2) is 78.5 Å². The van der Waals surface area contributed by atoms with Crippen LogP contribution in [-0.2, 0) is 9.59 Å². The molecule has 0 unspecified atom stereocenters. The minimum absolute atomic E-state index is 0.00282. The Morgan fingerprint density at radius 3 is 2.31 bits per heavy atom. The summed E-state index contributed by atoms with van der Waals surface area (Å²) >= 11 is 6.04. The maximum atomic E-state index is 13.1. The van der Waals surface area contributed by atoms with Crippen LogP contribution in [-0.4, -0.2) is 27.9 Å². The van der Waals surface area contributed by atoms with Gasteiger partial charge in [0.15, 0.2) is 0 Å². The van der Waals surface area contributed by atoms with E-state index in [1.807, 2.05) is 13.8 Å². The number of nitrogens with zero attached hydrogens (tertiary/aromatic N) is 2. The smallest absolute Gasteiger partial charge is 0.301 e. The van der Waals surface area contributed by atoms with Gasteiger partial charge in [0, 0.05) is 16.8 Å². The Morgan fingerprint density at radius 2 is 1.72 bits per heavy atom. The predicted octanol–water partition coefficient (Wildman–Crippen LogP) is 5.15. The van der Waals surface area contributed by atoms with Crippen LogP contribution in [0, 0.1) is 0 Å². The number of aromatic nitrogens is 1. The van der Waals surface area contributed by atoms with E-state index in [1.165, 1.54) is 4.90 Å². The molecule has 0 spiro atoms. The molecule has 0 bridgehead atoms. The molecular weight excluding hydrogens is 428 g/mol. The molecule has 1 aliphatic rings. The molecule has 1 fully saturated rings. The second-order valence-electron chi connectivity index (χ2n) is 7.60. The molecule has 1 aliphatic heterocycles. The van der Waals surface area contributed by atoms with Gasteiger partial charge < -0.3 is 9.84 Å². The number of ether oxygens (including phenoxy) is 1. The van der Waals surface area contributed by atoms with Crippen molar-refractivity contribution in [2.24, 2.45) is 0 Å². The molecule has 1 saturated heterocycles. The van der Waals surface area contributed by atoms with E-state index in [-0.39, 0.29) is 17.4 Å². The normalized spacial score (nSPS) is 17.8. The number of ketones is 1. The number of hydrogen-bond donors (Lipinski definition) is 1. The summed E-state index contributed by atoms with van der Waals surface area (Å²) in [6.45, 7) is 3.83. The average Bonchev–Trinajstić information content (AvgIpc) is 3.05. The largest absolute Gasteiger partial charge is 0.507 e. The van der Waals surface area contributed by atoms with Gasteiger partial charge in [-0.05, 0) is 67.9 Å². The summed E-state index contributed by atoms with van der Waals surface area (Å²) in [4.78, 5) is 31.7. The quantitative estimate of drug-likeness (QED) is 0.332. The van der Waals surface area contributed by atoms with Crippen molar-refractivity contribution in [3.05, 3.63) is 94.6 Å². The lowest BCUT2D eigenvalue weighted by Gasteiger charge is -2.24. The first-order chi connectivity index (χ1) is 15.4. The van der Waals surface area contributed by atoms with Gasteiger partial charge >= 0.3 is 5.91 Å². The Labute approximate surface area is 190 Å². The van der Waals surface area contributed by atoms with E-state index in [9.17, 15) is 14.7 Å². The fraction of sp³-hybridized carbons (Fsp3) is 0.160. The number of anilines is 1. The number of hydrogen-bond acceptors (Lipinski definition) is 5. The van der Waals surface area contributed by atoms with E-state index in [1.54, 1.807) is 72.9 Å². The van der Waals surface area contributed by atoms with Crippen LogP contribution in [0.3, 0.4) is 0 Å². The van der Waals surface area contributed by atoms with E-state index < -0.39 is 17.7 Å². The van der Waals surface area contributed by atoms with Crippen LogP contribution < -0.4 is 9.64 Å². The van der Waals surface area contributed by atoms with Crippen LogP contribution in [0.25, 0.3) is 5.76 Å². The van der Waals surface area contributed by atoms with Crippen molar-refractivity contribution in [1.29, 1.82) is 0 Å². The van der Waals surface area contributed by atoms with E-state index in [0.29, 0.717) is 27.7 Å². The minimum atomic E-state index is -0.853. The van der Waals surface area contributed by atoms with E-state index in [2.05, 4.69) is 4.98 Å². The standard InChI is InChI=1S/C25H21ClN2O4/c1-15(2)32-19-12-8-17(9-13-19)23(29)21-22(16-6-10-18(26)11-7-16)28(25(31)24(21)30)20-5-3-4-14-27-20/h3-15,22,29H,1-2H3/t22-/m1/s1. The molecule has 0 radical (unpaired) electrons. The molecule has 2 aromatic carbocycles. The number of rotatable bonds is 5. The lowest BCUT2D eigenvalue weighted by Crippen LogP contribution is -2.30. The highest BCUT2D eigenvalue weighted by atomic mass is 35.5. The van der Waals surface area contributed by atoms with Crippen molar-refractivity contribution >= 4 is 34.9 Å². The first-order valence-corrected chi connectivity index (χ1v) is 10.5. The second-order valence-corrected chi connectivity index (χ2v) is 8.04. The summed E-state index contributed by atoms with van der Waals surface area (Å²) in [5.41, 5.74) is 1.01. The first-order valence-electron chi connectivity index (χ1n) is 10.1. The van der Waals surface area contributed by atoms with Crippen LogP contribution in [0.5, 0.6) is 5.75 Å². The number of halogens is 1. The molecule has 1 amide bonds. The topological polar surface area (TPSA) is 79.7 Å². The Morgan fingerprint density at radius 1 is 1.03 bits per heavy atom. The Kier molecular flexibility index (Phi) is 5.97. The highest BCUT2D eigenvalue weighted by molar-refractivity contribution is 6.51. The molecule has 4 rings (SSSR count). The molecule has 3 aromatic rings. The van der Waals surface area contributed by atoms with Crippen molar-refractivity contribution in [3.63, 3.8) is 0 Å². The van der Waals surface area contributed by atoms with Gasteiger partial charge in [0.25, 0.3) is 5.78 Å². The number of benzene rings is 2. The number of Topliss-reactive ketones (excluding diaryl/α,β-unsaturated/α-hetero) is 1. The number of aliphatic hydroxyl groups is 1. The first kappa shape index (κ1) is 21.6. The van der Waals surface area contributed by atoms with Crippen LogP contribution in [0.1, 0.15) is 31.0 Å². The molecule has 162 valence electrons. The molecule has 2 heterocycles. The Bertz CT molecular complexity index is 1170. The third kappa shape index (κ3) is 4.09. The lowest BCUT2D eigenvalue weighted by atomic mass is 9.95. The van der Waals surface area contributed by atoms with Crippen molar-refractivity contribution < 1.29 is 19.4 Å². The fourth-order valence-electron chi connectivity index (χ4n) is 3.64. The van der Waals surface area contributed by atoms with Gasteiger partial charge in [-0.25, -0.2) is 4.98 Å². The lowest BCUT2D eigenvalue weighted by molar-refractivity contribution is -0.132. The maximum absolute atomic E-state index is 13.1. The van der Waals surface area contributed by atoms with Crippen molar-refractivity contribution in [3.8, 4) is 5.75 Å². The number of amides is 1. The summed E-state index contributed by atoms with van der Waals surface area (Å²) in [5, 5.41) is 11.6. The molecule has 32 heavy (non-hydrogen) atoms. The van der Waals surface area contributed by atoms with Gasteiger partial charge in [-0.3, -0.25) is 14.5 Å². The van der Waals surface area contributed by atoms with Crippen LogP contribution in [0.4, 0.5) is 5.82 Å². The van der Waals surface area contributed by atoms with Crippen molar-refractivity contribution in [2.75, 3.05) is 4.90 Å². The average molecular weight is 449 g/mol. The molecule has 6 nitrogen and oxygen atoms in total. The third-order valence-electron chi connectivity index (χ3n) is 5.03. The van der Waals surface area contributed by atoms with E-state index in [0.717, 1.165) is 0 Å². The van der Waals surface area contributed by atoms with Gasteiger partial charge in [-0.2, -0.15) is 0 Å². The van der Waals surface area contributed by atoms with Gasteiger partial charge in [0.2, 0.25) is 0 Å². The zero-order valence-corrected chi connectivity index (χ0v) is 18.3. The Hall–Kier alpha value is -3.64. The molecule has 0 aliphatic carbocycles. The summed E-state index contributed by atoms with van der Waals surface area (Å²) in [5.74, 6) is -0.854. The molecule has 1 aromatic heterocycles. The highest BCUT2D eigenvalue weighted by Gasteiger charge is 2.47. The van der Waals surface area contributed by atoms with Gasteiger partial charge in [0.05, 0.1) is 17.7 Å². The van der Waals surface area contributed by atoms with Crippen LogP contribution in [0.2, 0.25) is 5.02 Å². The number of carbonyl (C=O) groups excluding carboxylic acids is 2. The van der Waals surface area contributed by atoms with Gasteiger partial charge in [0.1, 0.15) is 17.3 Å².